The molecule has 19 heavy (non-hydrogen) atoms. The molecule has 0 spiro atoms. The zero-order valence-electron chi connectivity index (χ0n) is 12.0. The number of ether oxygens (including phenoxy) is 1. The highest BCUT2D eigenvalue weighted by atomic mass is 16.5. The van der Waals surface area contributed by atoms with Gasteiger partial charge < -0.3 is 15.0 Å². The van der Waals surface area contributed by atoms with Crippen LogP contribution in [0.4, 0.5) is 5.95 Å². The summed E-state index contributed by atoms with van der Waals surface area (Å²) in [7, 11) is 4.32. The molecule has 1 aromatic heterocycles. The van der Waals surface area contributed by atoms with Crippen molar-refractivity contribution in [2.24, 2.45) is 0 Å². The van der Waals surface area contributed by atoms with E-state index in [0.29, 0.717) is 24.5 Å². The zero-order chi connectivity index (χ0) is 13.7. The molecule has 2 heterocycles. The van der Waals surface area contributed by atoms with Crippen molar-refractivity contribution in [3.63, 3.8) is 0 Å². The van der Waals surface area contributed by atoms with Gasteiger partial charge in [0.05, 0.1) is 6.61 Å². The fourth-order valence-corrected chi connectivity index (χ4v) is 2.19. The highest BCUT2D eigenvalue weighted by Gasteiger charge is 2.21. The number of nitrogens with zero attached hydrogens (tertiary/aromatic N) is 4. The lowest BCUT2D eigenvalue weighted by molar-refractivity contribution is 0.121. The van der Waals surface area contributed by atoms with Gasteiger partial charge in [0.15, 0.2) is 0 Å². The van der Waals surface area contributed by atoms with Gasteiger partial charge in [0.25, 0.3) is 0 Å². The van der Waals surface area contributed by atoms with Gasteiger partial charge in [0.2, 0.25) is 11.8 Å². The van der Waals surface area contributed by atoms with Crippen molar-refractivity contribution in [3.8, 4) is 5.88 Å². The van der Waals surface area contributed by atoms with Gasteiger partial charge >= 0.3 is 0 Å². The molecule has 0 amide bonds. The second kappa shape index (κ2) is 6.68. The minimum absolute atomic E-state index is 0.484. The van der Waals surface area contributed by atoms with Crippen LogP contribution in [0.5, 0.6) is 5.88 Å². The number of rotatable bonds is 5. The molecule has 6 nitrogen and oxygen atoms in total. The van der Waals surface area contributed by atoms with E-state index in [2.05, 4.69) is 39.2 Å². The van der Waals surface area contributed by atoms with E-state index in [9.17, 15) is 0 Å². The van der Waals surface area contributed by atoms with Crippen molar-refractivity contribution in [3.05, 3.63) is 12.3 Å². The fraction of sp³-hybridized carbons (Fsp3) is 0.692. The molecule has 2 rings (SSSR count). The Hall–Kier alpha value is -1.40. The summed E-state index contributed by atoms with van der Waals surface area (Å²) in [6.45, 7) is 6.70. The first-order valence-electron chi connectivity index (χ1n) is 6.77. The van der Waals surface area contributed by atoms with Crippen molar-refractivity contribution in [2.75, 3.05) is 52.2 Å². The first-order valence-corrected chi connectivity index (χ1v) is 6.77. The summed E-state index contributed by atoms with van der Waals surface area (Å²) < 4.78 is 5.37. The molecule has 1 atom stereocenters. The van der Waals surface area contributed by atoms with Crippen molar-refractivity contribution in [1.29, 1.82) is 0 Å². The summed E-state index contributed by atoms with van der Waals surface area (Å²) in [5, 5.41) is 3.29. The van der Waals surface area contributed by atoms with Gasteiger partial charge in [-0.05, 0) is 21.0 Å². The first kappa shape index (κ1) is 14.0. The van der Waals surface area contributed by atoms with Gasteiger partial charge in [-0.1, -0.05) is 0 Å². The number of anilines is 1. The molecule has 0 saturated carbocycles. The van der Waals surface area contributed by atoms with Gasteiger partial charge in [-0.3, -0.25) is 4.90 Å². The molecular weight excluding hydrogens is 242 g/mol. The van der Waals surface area contributed by atoms with Crippen LogP contribution in [0.2, 0.25) is 0 Å². The van der Waals surface area contributed by atoms with Crippen molar-refractivity contribution in [2.45, 2.75) is 13.0 Å². The minimum atomic E-state index is 0.484. The summed E-state index contributed by atoms with van der Waals surface area (Å²) in [6.07, 6.45) is 1.72. The quantitative estimate of drug-likeness (QED) is 0.838. The average molecular weight is 265 g/mol. The van der Waals surface area contributed by atoms with Crippen LogP contribution in [-0.2, 0) is 0 Å². The lowest BCUT2D eigenvalue weighted by Crippen LogP contribution is -2.52. The Balaban J connectivity index is 1.88. The standard InChI is InChI=1S/C13H23N5O/c1-4-19-12-5-6-14-13(16-12)15-9-11-10-17(2)7-8-18(11)3/h5-6,11H,4,7-10H2,1-3H3,(H,14,15,16). The monoisotopic (exact) mass is 265 g/mol. The van der Waals surface area contributed by atoms with Crippen LogP contribution in [0.15, 0.2) is 12.3 Å². The van der Waals surface area contributed by atoms with Crippen LogP contribution in [0.1, 0.15) is 6.92 Å². The number of likely N-dealkylation sites (N-methyl/N-ethyl adjacent to an activating group) is 2. The predicted octanol–water partition coefficient (Wildman–Crippen LogP) is 0.533. The molecule has 1 N–H and O–H groups in total. The average Bonchev–Trinajstić information content (AvgIpc) is 2.41. The van der Waals surface area contributed by atoms with Crippen LogP contribution >= 0.6 is 0 Å². The van der Waals surface area contributed by atoms with Crippen molar-refractivity contribution in [1.82, 2.24) is 19.8 Å². The summed E-state index contributed by atoms with van der Waals surface area (Å²) in [5.41, 5.74) is 0. The molecule has 1 fully saturated rings. The van der Waals surface area contributed by atoms with Crippen LogP contribution in [0.25, 0.3) is 0 Å². The lowest BCUT2D eigenvalue weighted by atomic mass is 10.2. The van der Waals surface area contributed by atoms with E-state index < -0.39 is 0 Å². The summed E-state index contributed by atoms with van der Waals surface area (Å²) >= 11 is 0. The molecule has 106 valence electrons. The zero-order valence-corrected chi connectivity index (χ0v) is 12.0. The molecular formula is C13H23N5O. The molecule has 0 bridgehead atoms. The number of hydrogen-bond acceptors (Lipinski definition) is 6. The Kier molecular flexibility index (Phi) is 4.93. The van der Waals surface area contributed by atoms with E-state index in [4.69, 9.17) is 4.74 Å². The largest absolute Gasteiger partial charge is 0.478 e. The Labute approximate surface area is 114 Å². The number of hydrogen-bond donors (Lipinski definition) is 1. The van der Waals surface area contributed by atoms with E-state index in [1.54, 1.807) is 12.3 Å². The van der Waals surface area contributed by atoms with Crippen molar-refractivity contribution >= 4 is 5.95 Å². The second-order valence-corrected chi connectivity index (χ2v) is 4.93. The van der Waals surface area contributed by atoms with Gasteiger partial charge in [0, 0.05) is 44.5 Å². The Morgan fingerprint density at radius 2 is 2.26 bits per heavy atom. The molecule has 1 aliphatic heterocycles. The van der Waals surface area contributed by atoms with E-state index >= 15 is 0 Å². The smallest absolute Gasteiger partial charge is 0.225 e. The Morgan fingerprint density at radius 3 is 3.05 bits per heavy atom. The maximum absolute atomic E-state index is 5.37. The molecule has 1 aliphatic rings. The highest BCUT2D eigenvalue weighted by Crippen LogP contribution is 2.10. The minimum Gasteiger partial charge on any atom is -0.478 e. The first-order chi connectivity index (χ1) is 9.19. The molecule has 0 aliphatic carbocycles. The van der Waals surface area contributed by atoms with E-state index in [1.165, 1.54) is 0 Å². The summed E-state index contributed by atoms with van der Waals surface area (Å²) in [5.74, 6) is 1.25. The van der Waals surface area contributed by atoms with Crippen LogP contribution in [0, 0.1) is 0 Å². The summed E-state index contributed by atoms with van der Waals surface area (Å²) in [4.78, 5) is 13.3. The lowest BCUT2D eigenvalue weighted by Gasteiger charge is -2.37. The normalized spacial score (nSPS) is 21.3. The third kappa shape index (κ3) is 4.04. The van der Waals surface area contributed by atoms with Crippen LogP contribution in [0.3, 0.4) is 0 Å². The van der Waals surface area contributed by atoms with Crippen LogP contribution in [-0.4, -0.2) is 72.7 Å². The fourth-order valence-electron chi connectivity index (χ4n) is 2.19. The highest BCUT2D eigenvalue weighted by molar-refractivity contribution is 5.27. The number of piperazine rings is 1. The third-order valence-corrected chi connectivity index (χ3v) is 3.40. The Morgan fingerprint density at radius 1 is 1.42 bits per heavy atom. The number of aromatic nitrogens is 2. The number of nitrogens with one attached hydrogen (secondary N) is 1. The third-order valence-electron chi connectivity index (χ3n) is 3.40. The molecule has 1 aromatic rings. The van der Waals surface area contributed by atoms with E-state index in [1.807, 2.05) is 6.92 Å². The molecule has 0 radical (unpaired) electrons. The van der Waals surface area contributed by atoms with Gasteiger partial charge in [0.1, 0.15) is 0 Å². The summed E-state index contributed by atoms with van der Waals surface area (Å²) in [6, 6.07) is 2.26. The molecule has 1 saturated heterocycles. The van der Waals surface area contributed by atoms with Gasteiger partial charge in [-0.15, -0.1) is 0 Å². The van der Waals surface area contributed by atoms with Gasteiger partial charge in [-0.25, -0.2) is 4.98 Å². The predicted molar refractivity (Wildman–Crippen MR) is 75.6 cm³/mol. The van der Waals surface area contributed by atoms with E-state index in [0.717, 1.165) is 26.2 Å². The molecule has 1 unspecified atom stereocenters. The second-order valence-electron chi connectivity index (χ2n) is 4.93. The van der Waals surface area contributed by atoms with E-state index in [-0.39, 0.29) is 0 Å². The molecule has 6 heteroatoms. The van der Waals surface area contributed by atoms with Crippen molar-refractivity contribution < 1.29 is 4.74 Å². The maximum atomic E-state index is 5.37. The maximum Gasteiger partial charge on any atom is 0.225 e. The Bertz CT molecular complexity index is 400. The van der Waals surface area contributed by atoms with Crippen LogP contribution < -0.4 is 10.1 Å². The SMILES string of the molecule is CCOc1ccnc(NCC2CN(C)CCN2C)n1. The topological polar surface area (TPSA) is 53.5 Å². The molecule has 0 aromatic carbocycles. The van der Waals surface area contributed by atoms with Gasteiger partial charge in [-0.2, -0.15) is 4.98 Å².